The maximum Gasteiger partial charge on any atom is 0.127 e. The van der Waals surface area contributed by atoms with Crippen molar-refractivity contribution in [2.75, 3.05) is 7.11 Å². The number of halogens is 1. The van der Waals surface area contributed by atoms with Crippen LogP contribution < -0.4 is 4.74 Å². The second-order valence-corrected chi connectivity index (χ2v) is 4.79. The Labute approximate surface area is 118 Å². The van der Waals surface area contributed by atoms with Gasteiger partial charge >= 0.3 is 0 Å². The van der Waals surface area contributed by atoms with Crippen molar-refractivity contribution in [1.82, 2.24) is 0 Å². The van der Waals surface area contributed by atoms with Crippen LogP contribution in [0.5, 0.6) is 5.75 Å². The summed E-state index contributed by atoms with van der Waals surface area (Å²) >= 11 is 5.95. The number of carbonyl (C=O) groups is 1. The van der Waals surface area contributed by atoms with Crippen LogP contribution in [0, 0.1) is 0 Å². The molecule has 0 heterocycles. The van der Waals surface area contributed by atoms with Crippen LogP contribution in [0.4, 0.5) is 0 Å². The zero-order chi connectivity index (χ0) is 13.7. The van der Waals surface area contributed by atoms with Crippen LogP contribution in [-0.4, -0.2) is 13.4 Å². The van der Waals surface area contributed by atoms with Crippen molar-refractivity contribution in [3.63, 3.8) is 0 Å². The van der Waals surface area contributed by atoms with Gasteiger partial charge in [-0.1, -0.05) is 35.9 Å². The van der Waals surface area contributed by atoms with Gasteiger partial charge in [-0.3, -0.25) is 0 Å². The molecule has 2 nitrogen and oxygen atoms in total. The van der Waals surface area contributed by atoms with Gasteiger partial charge in [0.1, 0.15) is 12.0 Å². The summed E-state index contributed by atoms with van der Waals surface area (Å²) in [5.41, 5.74) is 2.04. The molecule has 0 amide bonds. The van der Waals surface area contributed by atoms with Crippen molar-refractivity contribution >= 4 is 17.9 Å². The molecule has 1 atom stereocenters. The van der Waals surface area contributed by atoms with Crippen molar-refractivity contribution in [3.05, 3.63) is 64.7 Å². The fraction of sp³-hybridized carbons (Fsp3) is 0.188. The first-order chi connectivity index (χ1) is 9.22. The van der Waals surface area contributed by atoms with E-state index in [0.717, 1.165) is 23.2 Å². The van der Waals surface area contributed by atoms with Gasteiger partial charge in [0.05, 0.1) is 7.11 Å². The predicted octanol–water partition coefficient (Wildman–Crippen LogP) is 3.87. The molecule has 0 spiro atoms. The quantitative estimate of drug-likeness (QED) is 0.774. The molecule has 0 bridgehead atoms. The molecular weight excluding hydrogens is 260 g/mol. The average molecular weight is 275 g/mol. The highest BCUT2D eigenvalue weighted by Gasteiger charge is 2.11. The van der Waals surface area contributed by atoms with Gasteiger partial charge in [-0.15, -0.1) is 0 Å². The molecule has 0 aliphatic carbocycles. The monoisotopic (exact) mass is 274 g/mol. The summed E-state index contributed by atoms with van der Waals surface area (Å²) in [4.78, 5) is 11.3. The van der Waals surface area contributed by atoms with E-state index in [9.17, 15) is 4.79 Å². The first kappa shape index (κ1) is 13.6. The minimum atomic E-state index is -0.163. The van der Waals surface area contributed by atoms with Crippen LogP contribution in [0.1, 0.15) is 17.0 Å². The fourth-order valence-electron chi connectivity index (χ4n) is 2.01. The molecule has 0 aliphatic heterocycles. The van der Waals surface area contributed by atoms with Crippen molar-refractivity contribution in [2.24, 2.45) is 0 Å². The molecule has 2 aromatic rings. The van der Waals surface area contributed by atoms with Crippen LogP contribution >= 0.6 is 11.6 Å². The summed E-state index contributed by atoms with van der Waals surface area (Å²) in [6, 6.07) is 15.2. The Morgan fingerprint density at radius 1 is 1.21 bits per heavy atom. The van der Waals surface area contributed by atoms with Crippen molar-refractivity contribution in [1.29, 1.82) is 0 Å². The first-order valence-corrected chi connectivity index (χ1v) is 6.44. The van der Waals surface area contributed by atoms with E-state index in [1.54, 1.807) is 7.11 Å². The van der Waals surface area contributed by atoms with Crippen molar-refractivity contribution in [2.45, 2.75) is 12.3 Å². The highest BCUT2D eigenvalue weighted by molar-refractivity contribution is 6.30. The van der Waals surface area contributed by atoms with E-state index in [0.29, 0.717) is 11.4 Å². The lowest BCUT2D eigenvalue weighted by Crippen LogP contribution is -2.04. The lowest BCUT2D eigenvalue weighted by Gasteiger charge is -2.11. The molecule has 3 heteroatoms. The van der Waals surface area contributed by atoms with Gasteiger partial charge in [0, 0.05) is 10.9 Å². The van der Waals surface area contributed by atoms with E-state index in [-0.39, 0.29) is 5.92 Å². The molecule has 0 aliphatic rings. The predicted molar refractivity (Wildman–Crippen MR) is 77.0 cm³/mol. The third-order valence-corrected chi connectivity index (χ3v) is 3.29. The molecule has 0 aromatic heterocycles. The number of rotatable bonds is 5. The van der Waals surface area contributed by atoms with Crippen molar-refractivity contribution in [3.8, 4) is 5.75 Å². The van der Waals surface area contributed by atoms with Crippen molar-refractivity contribution < 1.29 is 9.53 Å². The van der Waals surface area contributed by atoms with Crippen LogP contribution in [-0.2, 0) is 11.2 Å². The topological polar surface area (TPSA) is 26.3 Å². The summed E-state index contributed by atoms with van der Waals surface area (Å²) in [5, 5.41) is 0.692. The zero-order valence-corrected chi connectivity index (χ0v) is 11.4. The van der Waals surface area contributed by atoms with Gasteiger partial charge in [0.25, 0.3) is 0 Å². The smallest absolute Gasteiger partial charge is 0.127 e. The van der Waals surface area contributed by atoms with Gasteiger partial charge in [0.15, 0.2) is 0 Å². The molecule has 2 aromatic carbocycles. The molecule has 19 heavy (non-hydrogen) atoms. The lowest BCUT2D eigenvalue weighted by molar-refractivity contribution is -0.109. The fourth-order valence-corrected chi connectivity index (χ4v) is 2.23. The highest BCUT2D eigenvalue weighted by Crippen LogP contribution is 2.23. The maximum absolute atomic E-state index is 11.3. The van der Waals surface area contributed by atoms with Gasteiger partial charge in [0.2, 0.25) is 0 Å². The van der Waals surface area contributed by atoms with E-state index in [4.69, 9.17) is 16.3 Å². The number of benzene rings is 2. The van der Waals surface area contributed by atoms with E-state index in [1.807, 2.05) is 48.5 Å². The number of ether oxygens (including phenoxy) is 1. The Morgan fingerprint density at radius 3 is 2.53 bits per heavy atom. The molecule has 0 fully saturated rings. The van der Waals surface area contributed by atoms with Crippen LogP contribution in [0.3, 0.4) is 0 Å². The molecule has 0 saturated carbocycles. The molecule has 0 N–H and O–H groups in total. The Kier molecular flexibility index (Phi) is 4.58. The van der Waals surface area contributed by atoms with Gasteiger partial charge in [-0.2, -0.15) is 0 Å². The van der Waals surface area contributed by atoms with Gasteiger partial charge in [-0.25, -0.2) is 0 Å². The van der Waals surface area contributed by atoms with E-state index in [2.05, 4.69) is 0 Å². The summed E-state index contributed by atoms with van der Waals surface area (Å²) < 4.78 is 5.11. The van der Waals surface area contributed by atoms with Gasteiger partial charge in [-0.05, 0) is 41.8 Å². The molecule has 0 saturated heterocycles. The second kappa shape index (κ2) is 6.39. The lowest BCUT2D eigenvalue weighted by atomic mass is 9.93. The Balaban J connectivity index is 2.17. The number of hydrogen-bond acceptors (Lipinski definition) is 2. The Morgan fingerprint density at radius 2 is 1.95 bits per heavy atom. The molecule has 2 rings (SSSR count). The van der Waals surface area contributed by atoms with Crippen LogP contribution in [0.15, 0.2) is 48.5 Å². The third kappa shape index (κ3) is 3.58. The highest BCUT2D eigenvalue weighted by atomic mass is 35.5. The first-order valence-electron chi connectivity index (χ1n) is 6.06. The Hall–Kier alpha value is -1.80. The summed E-state index contributed by atoms with van der Waals surface area (Å²) in [7, 11) is 1.62. The summed E-state index contributed by atoms with van der Waals surface area (Å²) in [6.07, 6.45) is 1.62. The van der Waals surface area contributed by atoms with E-state index in [1.165, 1.54) is 0 Å². The summed E-state index contributed by atoms with van der Waals surface area (Å²) in [5.74, 6) is 0.625. The molecule has 0 radical (unpaired) electrons. The SMILES string of the molecule is COc1ccc(C(C=O)Cc2cccc(Cl)c2)cc1. The average Bonchev–Trinajstić information content (AvgIpc) is 2.45. The van der Waals surface area contributed by atoms with Crippen LogP contribution in [0.25, 0.3) is 0 Å². The number of carbonyl (C=O) groups excluding carboxylic acids is 1. The maximum atomic E-state index is 11.3. The van der Waals surface area contributed by atoms with E-state index < -0.39 is 0 Å². The zero-order valence-electron chi connectivity index (χ0n) is 10.7. The standard InChI is InChI=1S/C16H15ClO2/c1-19-16-7-5-13(6-8-16)14(11-18)9-12-3-2-4-15(17)10-12/h2-8,10-11,14H,9H2,1H3. The minimum absolute atomic E-state index is 0.163. The van der Waals surface area contributed by atoms with E-state index >= 15 is 0 Å². The van der Waals surface area contributed by atoms with Gasteiger partial charge < -0.3 is 9.53 Å². The summed E-state index contributed by atoms with van der Waals surface area (Å²) in [6.45, 7) is 0. The minimum Gasteiger partial charge on any atom is -0.497 e. The third-order valence-electron chi connectivity index (χ3n) is 3.05. The molecular formula is C16H15ClO2. The molecule has 98 valence electrons. The number of hydrogen-bond donors (Lipinski definition) is 0. The largest absolute Gasteiger partial charge is 0.497 e. The number of methoxy groups -OCH3 is 1. The normalized spacial score (nSPS) is 11.9. The van der Waals surface area contributed by atoms with Crippen LogP contribution in [0.2, 0.25) is 5.02 Å². The Bertz CT molecular complexity index is 549. The molecule has 1 unspecified atom stereocenters. The second-order valence-electron chi connectivity index (χ2n) is 4.35. The number of aldehydes is 1.